The van der Waals surface area contributed by atoms with E-state index in [-0.39, 0.29) is 29.5 Å². The highest BCUT2D eigenvalue weighted by Gasteiger charge is 2.07. The summed E-state index contributed by atoms with van der Waals surface area (Å²) in [5, 5.41) is 7.10. The first kappa shape index (κ1) is 14.2. The van der Waals surface area contributed by atoms with Gasteiger partial charge in [0, 0.05) is 17.3 Å². The number of halogens is 1. The van der Waals surface area contributed by atoms with Gasteiger partial charge in [0.15, 0.2) is 4.96 Å². The second-order valence-corrected chi connectivity index (χ2v) is 5.31. The van der Waals surface area contributed by atoms with Gasteiger partial charge in [0.2, 0.25) is 5.91 Å². The molecule has 0 aliphatic rings. The molecule has 0 unspecified atom stereocenters. The zero-order chi connectivity index (χ0) is 15.5. The molecule has 0 atom stereocenters. The second kappa shape index (κ2) is 5.94. The fourth-order valence-electron chi connectivity index (χ4n) is 1.86. The summed E-state index contributed by atoms with van der Waals surface area (Å²) in [6.07, 6.45) is 3.03. The monoisotopic (exact) mass is 318 g/mol. The number of nitrogens with one attached hydrogen (secondary N) is 2. The number of hydrogen-bond donors (Lipinski definition) is 2. The molecule has 0 bridgehead atoms. The Balaban J connectivity index is 1.66. The smallest absolute Gasteiger partial charge is 0.281 e. The predicted octanol–water partition coefficient (Wildman–Crippen LogP) is 1.95. The Morgan fingerprint density at radius 1 is 1.32 bits per heavy atom. The van der Waals surface area contributed by atoms with Crippen LogP contribution >= 0.6 is 11.3 Å². The first-order valence-corrected chi connectivity index (χ1v) is 7.25. The van der Waals surface area contributed by atoms with Crippen LogP contribution in [0.5, 0.6) is 0 Å². The highest BCUT2D eigenvalue weighted by molar-refractivity contribution is 7.15. The fourth-order valence-corrected chi connectivity index (χ4v) is 2.53. The highest BCUT2D eigenvalue weighted by Crippen LogP contribution is 2.09. The molecule has 2 aromatic heterocycles. The van der Waals surface area contributed by atoms with E-state index in [1.54, 1.807) is 11.6 Å². The van der Waals surface area contributed by atoms with Crippen molar-refractivity contribution in [2.75, 3.05) is 17.2 Å². The van der Waals surface area contributed by atoms with Crippen molar-refractivity contribution in [1.82, 2.24) is 9.38 Å². The van der Waals surface area contributed by atoms with E-state index in [2.05, 4.69) is 15.6 Å². The SMILES string of the molecule is O=C(CNc1cnc2sccn2c1=O)Nc1ccc(F)cc1. The van der Waals surface area contributed by atoms with Gasteiger partial charge in [0.05, 0.1) is 12.7 Å². The molecule has 1 aromatic carbocycles. The number of benzene rings is 1. The Morgan fingerprint density at radius 2 is 2.09 bits per heavy atom. The molecule has 0 spiro atoms. The average Bonchev–Trinajstić information content (AvgIpc) is 2.98. The first-order valence-electron chi connectivity index (χ1n) is 6.37. The molecule has 2 N–H and O–H groups in total. The molecule has 0 aliphatic carbocycles. The molecule has 22 heavy (non-hydrogen) atoms. The number of fused-ring (bicyclic) bond motifs is 1. The standard InChI is InChI=1S/C14H11FN4O2S/c15-9-1-3-10(4-2-9)18-12(20)8-16-11-7-17-14-19(13(11)21)5-6-22-14/h1-7,16H,8H2,(H,18,20). The van der Waals surface area contributed by atoms with E-state index in [0.717, 1.165) is 0 Å². The van der Waals surface area contributed by atoms with E-state index < -0.39 is 0 Å². The summed E-state index contributed by atoms with van der Waals surface area (Å²) in [5.74, 6) is -0.722. The Kier molecular flexibility index (Phi) is 3.84. The Labute approximate surface area is 128 Å². The predicted molar refractivity (Wildman–Crippen MR) is 82.9 cm³/mol. The van der Waals surface area contributed by atoms with Gasteiger partial charge in [-0.05, 0) is 24.3 Å². The number of aromatic nitrogens is 2. The molecule has 0 saturated carbocycles. The largest absolute Gasteiger partial charge is 0.370 e. The number of nitrogens with zero attached hydrogens (tertiary/aromatic N) is 2. The average molecular weight is 318 g/mol. The Hall–Kier alpha value is -2.74. The third-order valence-corrected chi connectivity index (χ3v) is 3.68. The van der Waals surface area contributed by atoms with Gasteiger partial charge in [-0.15, -0.1) is 11.3 Å². The minimum Gasteiger partial charge on any atom is -0.370 e. The number of carbonyl (C=O) groups excluding carboxylic acids is 1. The van der Waals surface area contributed by atoms with Crippen LogP contribution in [0.1, 0.15) is 0 Å². The van der Waals surface area contributed by atoms with Gasteiger partial charge >= 0.3 is 0 Å². The lowest BCUT2D eigenvalue weighted by atomic mass is 10.3. The van der Waals surface area contributed by atoms with Crippen molar-refractivity contribution < 1.29 is 9.18 Å². The van der Waals surface area contributed by atoms with Crippen LogP contribution in [0.3, 0.4) is 0 Å². The van der Waals surface area contributed by atoms with Gasteiger partial charge < -0.3 is 10.6 Å². The van der Waals surface area contributed by atoms with Crippen molar-refractivity contribution in [2.45, 2.75) is 0 Å². The van der Waals surface area contributed by atoms with Crippen LogP contribution in [0, 0.1) is 5.82 Å². The van der Waals surface area contributed by atoms with Crippen LogP contribution < -0.4 is 16.2 Å². The quantitative estimate of drug-likeness (QED) is 0.771. The Bertz CT molecular complexity index is 872. The summed E-state index contributed by atoms with van der Waals surface area (Å²) >= 11 is 1.35. The van der Waals surface area contributed by atoms with Crippen LogP contribution in [-0.4, -0.2) is 21.8 Å². The van der Waals surface area contributed by atoms with Crippen molar-refractivity contribution in [3.05, 3.63) is 58.2 Å². The van der Waals surface area contributed by atoms with E-state index in [0.29, 0.717) is 10.6 Å². The maximum atomic E-state index is 12.8. The van der Waals surface area contributed by atoms with Crippen molar-refractivity contribution in [3.63, 3.8) is 0 Å². The molecule has 112 valence electrons. The second-order valence-electron chi connectivity index (χ2n) is 4.44. The van der Waals surface area contributed by atoms with E-state index in [1.807, 2.05) is 0 Å². The van der Waals surface area contributed by atoms with E-state index in [4.69, 9.17) is 0 Å². The van der Waals surface area contributed by atoms with E-state index in [1.165, 1.54) is 46.2 Å². The van der Waals surface area contributed by atoms with Crippen molar-refractivity contribution in [2.24, 2.45) is 0 Å². The topological polar surface area (TPSA) is 75.5 Å². The van der Waals surface area contributed by atoms with Crippen LogP contribution in [0.15, 0.2) is 46.8 Å². The lowest BCUT2D eigenvalue weighted by Crippen LogP contribution is -2.26. The zero-order valence-electron chi connectivity index (χ0n) is 11.2. The number of rotatable bonds is 4. The van der Waals surface area contributed by atoms with Crippen LogP contribution in [-0.2, 0) is 4.79 Å². The fraction of sp³-hybridized carbons (Fsp3) is 0.0714. The van der Waals surface area contributed by atoms with Gasteiger partial charge in [-0.1, -0.05) is 0 Å². The maximum Gasteiger partial charge on any atom is 0.281 e. The van der Waals surface area contributed by atoms with Gasteiger partial charge in [0.1, 0.15) is 11.5 Å². The molecule has 1 amide bonds. The van der Waals surface area contributed by atoms with Crippen LogP contribution in [0.25, 0.3) is 4.96 Å². The molecule has 8 heteroatoms. The molecule has 0 fully saturated rings. The maximum absolute atomic E-state index is 12.8. The number of thiazole rings is 1. The first-order chi connectivity index (χ1) is 10.6. The summed E-state index contributed by atoms with van der Waals surface area (Å²) in [7, 11) is 0. The molecule has 3 aromatic rings. The lowest BCUT2D eigenvalue weighted by Gasteiger charge is -2.07. The molecule has 0 saturated heterocycles. The third kappa shape index (κ3) is 2.96. The molecule has 3 rings (SSSR count). The molecular formula is C14H11FN4O2S. The summed E-state index contributed by atoms with van der Waals surface area (Å²) in [4.78, 5) is 28.6. The number of anilines is 2. The summed E-state index contributed by atoms with van der Waals surface area (Å²) in [5.41, 5.74) is 0.460. The van der Waals surface area contributed by atoms with E-state index in [9.17, 15) is 14.0 Å². The van der Waals surface area contributed by atoms with Crippen molar-refractivity contribution >= 4 is 33.6 Å². The zero-order valence-corrected chi connectivity index (χ0v) is 12.1. The van der Waals surface area contributed by atoms with Gasteiger partial charge in [-0.3, -0.25) is 14.0 Å². The third-order valence-electron chi connectivity index (χ3n) is 2.91. The number of hydrogen-bond acceptors (Lipinski definition) is 5. The normalized spacial score (nSPS) is 10.6. The Morgan fingerprint density at radius 3 is 2.86 bits per heavy atom. The molecule has 6 nitrogen and oxygen atoms in total. The van der Waals surface area contributed by atoms with Gasteiger partial charge in [0.25, 0.3) is 5.56 Å². The summed E-state index contributed by atoms with van der Waals surface area (Å²) < 4.78 is 14.2. The molecule has 0 radical (unpaired) electrons. The minimum absolute atomic E-state index is 0.0928. The molecule has 0 aliphatic heterocycles. The van der Waals surface area contributed by atoms with Crippen LogP contribution in [0.2, 0.25) is 0 Å². The molecular weight excluding hydrogens is 307 g/mol. The van der Waals surface area contributed by atoms with Gasteiger partial charge in [-0.25, -0.2) is 9.37 Å². The number of carbonyl (C=O) groups is 1. The van der Waals surface area contributed by atoms with Crippen molar-refractivity contribution in [3.8, 4) is 0 Å². The minimum atomic E-state index is -0.376. The highest BCUT2D eigenvalue weighted by atomic mass is 32.1. The summed E-state index contributed by atoms with van der Waals surface area (Å²) in [6.45, 7) is -0.0928. The summed E-state index contributed by atoms with van der Waals surface area (Å²) in [6, 6.07) is 5.43. The molecule has 2 heterocycles. The van der Waals surface area contributed by atoms with Crippen molar-refractivity contribution in [1.29, 1.82) is 0 Å². The van der Waals surface area contributed by atoms with Crippen LogP contribution in [0.4, 0.5) is 15.8 Å². The number of amides is 1. The van der Waals surface area contributed by atoms with Gasteiger partial charge in [-0.2, -0.15) is 0 Å². The lowest BCUT2D eigenvalue weighted by molar-refractivity contribution is -0.114. The van der Waals surface area contributed by atoms with E-state index >= 15 is 0 Å².